The van der Waals surface area contributed by atoms with Crippen LogP contribution in [0, 0.1) is 5.92 Å². The first kappa shape index (κ1) is 26.1. The molecular weight excluding hydrogens is 512 g/mol. The third-order valence-electron chi connectivity index (χ3n) is 5.93. The maximum atomic E-state index is 13.7. The van der Waals surface area contributed by atoms with Gasteiger partial charge in [0.05, 0.1) is 6.04 Å². The minimum atomic E-state index is -0.503. The zero-order valence-electron chi connectivity index (χ0n) is 20.1. The Bertz CT molecular complexity index is 1280. The predicted octanol–water partition coefficient (Wildman–Crippen LogP) is -0.446. The lowest BCUT2D eigenvalue weighted by atomic mass is 10.0. The average molecular weight is 541 g/mol. The van der Waals surface area contributed by atoms with Crippen LogP contribution in [0.15, 0.2) is 59.7 Å². The van der Waals surface area contributed by atoms with E-state index in [0.717, 1.165) is 5.56 Å². The first-order chi connectivity index (χ1) is 16.2. The van der Waals surface area contributed by atoms with Crippen LogP contribution in [-0.4, -0.2) is 33.9 Å². The van der Waals surface area contributed by atoms with Crippen molar-refractivity contribution in [3.63, 3.8) is 0 Å². The van der Waals surface area contributed by atoms with E-state index in [1.165, 1.54) is 4.90 Å². The van der Waals surface area contributed by atoms with Crippen LogP contribution in [0.3, 0.4) is 0 Å². The van der Waals surface area contributed by atoms with Crippen LogP contribution in [0.4, 0.5) is 17.5 Å². The van der Waals surface area contributed by atoms with Crippen molar-refractivity contribution in [3.05, 3.63) is 76.3 Å². The van der Waals surface area contributed by atoms with Crippen molar-refractivity contribution in [1.82, 2.24) is 9.97 Å². The van der Waals surface area contributed by atoms with Gasteiger partial charge in [0.15, 0.2) is 30.4 Å². The number of hydrogen-bond acceptors (Lipinski definition) is 5. The summed E-state index contributed by atoms with van der Waals surface area (Å²) < 4.78 is 1.94. The molecule has 3 N–H and O–H groups in total. The third-order valence-corrected chi connectivity index (χ3v) is 5.93. The van der Waals surface area contributed by atoms with Crippen molar-refractivity contribution < 1.29 is 31.1 Å². The van der Waals surface area contributed by atoms with E-state index in [0.29, 0.717) is 12.1 Å². The fourth-order valence-corrected chi connectivity index (χ4v) is 3.84. The first-order valence-corrected chi connectivity index (χ1v) is 11.3. The maximum absolute atomic E-state index is 13.7. The quantitative estimate of drug-likeness (QED) is 0.380. The Balaban J connectivity index is 0.00000342. The summed E-state index contributed by atoms with van der Waals surface area (Å²) in [6.07, 6.45) is 3.69. The van der Waals surface area contributed by atoms with Crippen molar-refractivity contribution in [2.45, 2.75) is 46.3 Å². The van der Waals surface area contributed by atoms with Gasteiger partial charge < -0.3 is 22.3 Å². The number of H-pyrrole nitrogens is 1. The van der Waals surface area contributed by atoms with E-state index >= 15 is 0 Å². The first-order valence-electron chi connectivity index (χ1n) is 11.3. The van der Waals surface area contributed by atoms with Crippen molar-refractivity contribution >= 4 is 29.3 Å². The molecule has 1 aliphatic heterocycles. The SMILES string of the molecule is CC(C)C(=O)Nc1nc2c(c(=O)[nH]1)N(C(=O)c1ccc[n+](Cc3ccccc3)c1)C(C)C(C)N2.[Br-]. The van der Waals surface area contributed by atoms with Gasteiger partial charge >= 0.3 is 0 Å². The Morgan fingerprint density at radius 1 is 1.14 bits per heavy atom. The smallest absolute Gasteiger partial charge is 0.278 e. The third kappa shape index (κ3) is 5.59. The Kier molecular flexibility index (Phi) is 8.06. The summed E-state index contributed by atoms with van der Waals surface area (Å²) >= 11 is 0. The number of fused-ring (bicyclic) bond motifs is 1. The highest BCUT2D eigenvalue weighted by molar-refractivity contribution is 6.08. The number of hydrogen-bond donors (Lipinski definition) is 3. The number of rotatable bonds is 5. The molecule has 2 aromatic heterocycles. The molecule has 3 heterocycles. The lowest BCUT2D eigenvalue weighted by Crippen LogP contribution is -3.00. The summed E-state index contributed by atoms with van der Waals surface area (Å²) in [5.74, 6) is -0.525. The monoisotopic (exact) mass is 540 g/mol. The highest BCUT2D eigenvalue weighted by atomic mass is 79.9. The second kappa shape index (κ2) is 10.8. The number of anilines is 3. The number of aromatic nitrogens is 3. The standard InChI is InChI=1S/C25H28N6O3.BrH/c1-15(2)22(32)28-25-27-21-20(23(33)29-25)31(17(4)16(3)26-21)24(34)19-11-8-12-30(14-19)13-18-9-6-5-7-10-18;/h5-12,14-17H,13H2,1-4H3,(H2-,26,27,28,29,32,33);1H. The fourth-order valence-electron chi connectivity index (χ4n) is 3.84. The van der Waals surface area contributed by atoms with Crippen LogP contribution in [0.2, 0.25) is 0 Å². The molecule has 2 atom stereocenters. The van der Waals surface area contributed by atoms with E-state index in [-0.39, 0.29) is 64.3 Å². The molecule has 0 aliphatic carbocycles. The van der Waals surface area contributed by atoms with E-state index in [1.807, 2.05) is 61.0 Å². The summed E-state index contributed by atoms with van der Waals surface area (Å²) in [6.45, 7) is 7.92. The lowest BCUT2D eigenvalue weighted by molar-refractivity contribution is -0.688. The minimum absolute atomic E-state index is 0. The summed E-state index contributed by atoms with van der Waals surface area (Å²) in [5, 5.41) is 5.80. The number of amides is 2. The number of halogens is 1. The molecule has 0 bridgehead atoms. The molecule has 184 valence electrons. The topological polar surface area (TPSA) is 111 Å². The maximum Gasteiger partial charge on any atom is 0.278 e. The predicted molar refractivity (Wildman–Crippen MR) is 130 cm³/mol. The normalized spacial score (nSPS) is 16.7. The summed E-state index contributed by atoms with van der Waals surface area (Å²) in [7, 11) is 0. The Hall–Kier alpha value is -3.53. The van der Waals surface area contributed by atoms with Gasteiger partial charge in [0.25, 0.3) is 11.5 Å². The van der Waals surface area contributed by atoms with Gasteiger partial charge in [-0.25, -0.2) is 0 Å². The van der Waals surface area contributed by atoms with Gasteiger partial charge in [-0.3, -0.25) is 29.6 Å². The van der Waals surface area contributed by atoms with Crippen molar-refractivity contribution in [2.75, 3.05) is 15.5 Å². The molecule has 0 spiro atoms. The zero-order valence-corrected chi connectivity index (χ0v) is 21.7. The zero-order chi connectivity index (χ0) is 24.4. The van der Waals surface area contributed by atoms with Crippen molar-refractivity contribution in [3.8, 4) is 0 Å². The molecule has 1 aromatic carbocycles. The molecule has 0 radical (unpaired) electrons. The van der Waals surface area contributed by atoms with E-state index in [2.05, 4.69) is 20.6 Å². The second-order valence-electron chi connectivity index (χ2n) is 8.86. The molecule has 0 saturated heterocycles. The van der Waals surface area contributed by atoms with Crippen LogP contribution in [0.1, 0.15) is 43.6 Å². The van der Waals surface area contributed by atoms with Crippen LogP contribution in [0.25, 0.3) is 0 Å². The van der Waals surface area contributed by atoms with Gasteiger partial charge in [0.2, 0.25) is 11.9 Å². The van der Waals surface area contributed by atoms with Crippen molar-refractivity contribution in [2.24, 2.45) is 5.92 Å². The van der Waals surface area contributed by atoms with Gasteiger partial charge in [0, 0.05) is 23.6 Å². The van der Waals surface area contributed by atoms with Gasteiger partial charge in [-0.2, -0.15) is 9.55 Å². The summed E-state index contributed by atoms with van der Waals surface area (Å²) in [5.41, 5.74) is 1.21. The largest absolute Gasteiger partial charge is 1.00 e. The summed E-state index contributed by atoms with van der Waals surface area (Å²) in [6, 6.07) is 13.1. The number of nitrogens with one attached hydrogen (secondary N) is 3. The lowest BCUT2D eigenvalue weighted by Gasteiger charge is -2.38. The number of aromatic amines is 1. The fraction of sp³-hybridized carbons (Fsp3) is 0.320. The van der Waals surface area contributed by atoms with Gasteiger partial charge in [0.1, 0.15) is 5.56 Å². The molecule has 9 nitrogen and oxygen atoms in total. The molecular formula is C25H29BrN6O3. The van der Waals surface area contributed by atoms with E-state index in [9.17, 15) is 14.4 Å². The Morgan fingerprint density at radius 3 is 2.54 bits per heavy atom. The van der Waals surface area contributed by atoms with Crippen LogP contribution >= 0.6 is 0 Å². The Morgan fingerprint density at radius 2 is 1.86 bits per heavy atom. The molecule has 1 aliphatic rings. The van der Waals surface area contributed by atoms with Gasteiger partial charge in [-0.15, -0.1) is 0 Å². The van der Waals surface area contributed by atoms with E-state index < -0.39 is 5.56 Å². The number of benzene rings is 1. The number of carbonyl (C=O) groups is 2. The van der Waals surface area contributed by atoms with E-state index in [1.54, 1.807) is 26.1 Å². The second-order valence-corrected chi connectivity index (χ2v) is 8.86. The van der Waals surface area contributed by atoms with Crippen LogP contribution in [0.5, 0.6) is 0 Å². The van der Waals surface area contributed by atoms with Gasteiger partial charge in [-0.05, 0) is 19.9 Å². The molecule has 4 rings (SSSR count). The van der Waals surface area contributed by atoms with Crippen LogP contribution in [-0.2, 0) is 11.3 Å². The molecule has 3 aromatic rings. The number of carbonyl (C=O) groups excluding carboxylic acids is 2. The number of pyridine rings is 1. The number of nitrogens with zero attached hydrogens (tertiary/aromatic N) is 3. The molecule has 10 heteroatoms. The highest BCUT2D eigenvalue weighted by Crippen LogP contribution is 2.31. The molecule has 35 heavy (non-hydrogen) atoms. The average Bonchev–Trinajstić information content (AvgIpc) is 2.80. The molecule has 0 saturated carbocycles. The van der Waals surface area contributed by atoms with E-state index in [4.69, 9.17) is 0 Å². The minimum Gasteiger partial charge on any atom is -1.00 e. The Labute approximate surface area is 214 Å². The van der Waals surface area contributed by atoms with Gasteiger partial charge in [-0.1, -0.05) is 44.2 Å². The van der Waals surface area contributed by atoms with Crippen molar-refractivity contribution in [1.29, 1.82) is 0 Å². The molecule has 2 unspecified atom stereocenters. The molecule has 2 amide bonds. The summed E-state index contributed by atoms with van der Waals surface area (Å²) in [4.78, 5) is 47.3. The molecule has 0 fully saturated rings. The van der Waals surface area contributed by atoms with Crippen LogP contribution < -0.4 is 42.6 Å². The highest BCUT2D eigenvalue weighted by Gasteiger charge is 2.37.